The zero-order valence-electron chi connectivity index (χ0n) is 8.73. The molecule has 0 aliphatic carbocycles. The van der Waals surface area contributed by atoms with E-state index in [9.17, 15) is 14.7 Å². The third-order valence-corrected chi connectivity index (χ3v) is 2.30. The highest BCUT2D eigenvalue weighted by Gasteiger charge is 2.25. The summed E-state index contributed by atoms with van der Waals surface area (Å²) in [6, 6.07) is -1.60. The van der Waals surface area contributed by atoms with E-state index >= 15 is 0 Å². The average Bonchev–Trinajstić information content (AvgIpc) is 2.14. The number of Topliss-reactive ketones (excluding diaryl/α,β-unsaturated/α-hetero) is 1. The van der Waals surface area contributed by atoms with Crippen LogP contribution in [-0.4, -0.2) is 40.7 Å². The van der Waals surface area contributed by atoms with E-state index in [0.29, 0.717) is 0 Å². The fourth-order valence-corrected chi connectivity index (χ4v) is 1.32. The Morgan fingerprint density at radius 2 is 2.07 bits per heavy atom. The second kappa shape index (κ2) is 6.78. The summed E-state index contributed by atoms with van der Waals surface area (Å²) in [5.41, 5.74) is 2.17. The van der Waals surface area contributed by atoms with Crippen LogP contribution in [0.15, 0.2) is 0 Å². The molecule has 0 aromatic heterocycles. The SMILES string of the molecule is CC(=O)[C@H](CS)NC(=O)[C@@H](NN)[C@@H](C)O. The third kappa shape index (κ3) is 4.61. The third-order valence-electron chi connectivity index (χ3n) is 1.93. The van der Waals surface area contributed by atoms with Crippen LogP contribution in [0.3, 0.4) is 0 Å². The van der Waals surface area contributed by atoms with Crippen molar-refractivity contribution < 1.29 is 14.7 Å². The van der Waals surface area contributed by atoms with E-state index in [4.69, 9.17) is 5.84 Å². The van der Waals surface area contributed by atoms with E-state index in [1.807, 2.05) is 0 Å². The number of thiol groups is 1. The number of nitrogens with two attached hydrogens (primary N) is 1. The molecule has 7 heteroatoms. The molecule has 0 aliphatic rings. The smallest absolute Gasteiger partial charge is 0.241 e. The largest absolute Gasteiger partial charge is 0.391 e. The number of rotatable bonds is 6. The van der Waals surface area contributed by atoms with Crippen LogP contribution in [-0.2, 0) is 9.59 Å². The van der Waals surface area contributed by atoms with Crippen LogP contribution in [0.2, 0.25) is 0 Å². The number of hydrogen-bond acceptors (Lipinski definition) is 6. The number of carbonyl (C=O) groups is 2. The van der Waals surface area contributed by atoms with Crippen LogP contribution < -0.4 is 16.6 Å². The molecule has 0 radical (unpaired) electrons. The van der Waals surface area contributed by atoms with Crippen molar-refractivity contribution in [3.8, 4) is 0 Å². The van der Waals surface area contributed by atoms with Gasteiger partial charge in [0.15, 0.2) is 5.78 Å². The van der Waals surface area contributed by atoms with Crippen molar-refractivity contribution in [1.82, 2.24) is 10.7 Å². The van der Waals surface area contributed by atoms with Crippen LogP contribution in [0.25, 0.3) is 0 Å². The number of hydrogen-bond donors (Lipinski definition) is 5. The van der Waals surface area contributed by atoms with Gasteiger partial charge in [0.2, 0.25) is 5.91 Å². The van der Waals surface area contributed by atoms with E-state index in [-0.39, 0.29) is 11.5 Å². The highest BCUT2D eigenvalue weighted by Crippen LogP contribution is 1.95. The van der Waals surface area contributed by atoms with E-state index in [0.717, 1.165) is 0 Å². The summed E-state index contributed by atoms with van der Waals surface area (Å²) in [4.78, 5) is 22.5. The minimum atomic E-state index is -0.942. The van der Waals surface area contributed by atoms with Gasteiger partial charge in [-0.2, -0.15) is 12.6 Å². The molecule has 0 aromatic carbocycles. The number of aliphatic hydroxyl groups excluding tert-OH is 1. The van der Waals surface area contributed by atoms with Crippen molar-refractivity contribution in [3.05, 3.63) is 0 Å². The first-order valence-corrected chi connectivity index (χ1v) is 5.13. The van der Waals surface area contributed by atoms with Gasteiger partial charge in [0.1, 0.15) is 6.04 Å². The summed E-state index contributed by atoms with van der Waals surface area (Å²) < 4.78 is 0. The van der Waals surface area contributed by atoms with Crippen LogP contribution in [0, 0.1) is 0 Å². The maximum Gasteiger partial charge on any atom is 0.241 e. The zero-order valence-corrected chi connectivity index (χ0v) is 9.62. The molecule has 0 unspecified atom stereocenters. The summed E-state index contributed by atoms with van der Waals surface area (Å²) in [6.45, 7) is 2.78. The van der Waals surface area contributed by atoms with Crippen LogP contribution in [0.4, 0.5) is 0 Å². The lowest BCUT2D eigenvalue weighted by molar-refractivity contribution is -0.129. The molecule has 15 heavy (non-hydrogen) atoms. The molecule has 3 atom stereocenters. The summed E-state index contributed by atoms with van der Waals surface area (Å²) in [5.74, 6) is 4.58. The van der Waals surface area contributed by atoms with Crippen molar-refractivity contribution in [1.29, 1.82) is 0 Å². The average molecular weight is 235 g/mol. The van der Waals surface area contributed by atoms with E-state index in [2.05, 4.69) is 23.4 Å². The number of nitrogens with one attached hydrogen (secondary N) is 2. The van der Waals surface area contributed by atoms with Gasteiger partial charge in [-0.05, 0) is 13.8 Å². The van der Waals surface area contributed by atoms with Crippen LogP contribution in [0.5, 0.6) is 0 Å². The number of aliphatic hydroxyl groups is 1. The molecule has 0 saturated heterocycles. The molecule has 6 nitrogen and oxygen atoms in total. The number of amides is 1. The maximum absolute atomic E-state index is 11.5. The second-order valence-corrected chi connectivity index (χ2v) is 3.60. The van der Waals surface area contributed by atoms with Gasteiger partial charge < -0.3 is 10.4 Å². The number of hydrazine groups is 1. The molecule has 0 rings (SSSR count). The van der Waals surface area contributed by atoms with Crippen molar-refractivity contribution in [2.75, 3.05) is 5.75 Å². The van der Waals surface area contributed by atoms with Crippen LogP contribution in [0.1, 0.15) is 13.8 Å². The van der Waals surface area contributed by atoms with E-state index in [1.54, 1.807) is 0 Å². The molecule has 0 spiro atoms. The Bertz CT molecular complexity index is 235. The zero-order chi connectivity index (χ0) is 12.0. The van der Waals surface area contributed by atoms with Gasteiger partial charge in [0.05, 0.1) is 12.1 Å². The first-order valence-electron chi connectivity index (χ1n) is 4.49. The Kier molecular flexibility index (Phi) is 6.50. The quantitative estimate of drug-likeness (QED) is 0.212. The standard InChI is InChI=1S/C8H17N3O3S/c1-4(12)6(3-15)10-8(14)7(11-9)5(2)13/h5-7,11,13,15H,3,9H2,1-2H3,(H,10,14)/t5-,6+,7+/m1/s1. The fourth-order valence-electron chi connectivity index (χ4n) is 0.971. The molecule has 0 saturated carbocycles. The fraction of sp³-hybridized carbons (Fsp3) is 0.750. The van der Waals surface area contributed by atoms with Crippen molar-refractivity contribution in [3.63, 3.8) is 0 Å². The van der Waals surface area contributed by atoms with Crippen molar-refractivity contribution in [2.45, 2.75) is 32.0 Å². The van der Waals surface area contributed by atoms with Gasteiger partial charge in [-0.3, -0.25) is 15.4 Å². The monoisotopic (exact) mass is 235 g/mol. The first-order chi connectivity index (χ1) is 6.93. The van der Waals surface area contributed by atoms with Crippen molar-refractivity contribution in [2.24, 2.45) is 5.84 Å². The Morgan fingerprint density at radius 3 is 2.33 bits per heavy atom. The molecule has 0 aliphatic heterocycles. The Morgan fingerprint density at radius 1 is 1.53 bits per heavy atom. The van der Waals surface area contributed by atoms with Gasteiger partial charge in [0.25, 0.3) is 0 Å². The predicted molar refractivity (Wildman–Crippen MR) is 59.3 cm³/mol. The molecule has 0 heterocycles. The minimum absolute atomic E-state index is 0.195. The molecule has 0 aromatic rings. The molecular weight excluding hydrogens is 218 g/mol. The minimum Gasteiger partial charge on any atom is -0.391 e. The van der Waals surface area contributed by atoms with Gasteiger partial charge in [-0.1, -0.05) is 0 Å². The Balaban J connectivity index is 4.38. The van der Waals surface area contributed by atoms with Crippen LogP contribution >= 0.6 is 12.6 Å². The molecule has 88 valence electrons. The molecule has 1 amide bonds. The topological polar surface area (TPSA) is 104 Å². The molecule has 5 N–H and O–H groups in total. The summed E-state index contributed by atoms with van der Waals surface area (Å²) in [7, 11) is 0. The van der Waals surface area contributed by atoms with Crippen molar-refractivity contribution >= 4 is 24.3 Å². The van der Waals surface area contributed by atoms with Gasteiger partial charge in [-0.25, -0.2) is 5.43 Å². The summed E-state index contributed by atoms with van der Waals surface area (Å²) in [6.07, 6.45) is -0.942. The normalized spacial score (nSPS) is 16.6. The molecule has 0 fully saturated rings. The Hall–Kier alpha value is -0.630. The van der Waals surface area contributed by atoms with Gasteiger partial charge >= 0.3 is 0 Å². The lowest BCUT2D eigenvalue weighted by atomic mass is 10.1. The second-order valence-electron chi connectivity index (χ2n) is 3.24. The van der Waals surface area contributed by atoms with E-state index < -0.39 is 24.1 Å². The summed E-state index contributed by atoms with van der Waals surface area (Å²) in [5, 5.41) is 11.6. The molecular formula is C8H17N3O3S. The maximum atomic E-state index is 11.5. The number of carbonyl (C=O) groups excluding carboxylic acids is 2. The lowest BCUT2D eigenvalue weighted by Crippen LogP contribution is -2.56. The predicted octanol–water partition coefficient (Wildman–Crippen LogP) is -1.80. The van der Waals surface area contributed by atoms with E-state index in [1.165, 1.54) is 13.8 Å². The highest BCUT2D eigenvalue weighted by molar-refractivity contribution is 7.80. The Labute approximate surface area is 94.0 Å². The van der Waals surface area contributed by atoms with Gasteiger partial charge in [-0.15, -0.1) is 0 Å². The molecule has 0 bridgehead atoms. The lowest BCUT2D eigenvalue weighted by Gasteiger charge is -2.21. The highest BCUT2D eigenvalue weighted by atomic mass is 32.1. The number of ketones is 1. The summed E-state index contributed by atoms with van der Waals surface area (Å²) >= 11 is 3.93. The van der Waals surface area contributed by atoms with Gasteiger partial charge in [0, 0.05) is 5.75 Å². The first kappa shape index (κ1) is 14.4.